The average Bonchev–Trinajstić information content (AvgIpc) is 2.31. The van der Waals surface area contributed by atoms with Crippen LogP contribution in [-0.2, 0) is 6.18 Å². The number of anilines is 2. The van der Waals surface area contributed by atoms with Gasteiger partial charge in [-0.1, -0.05) is 13.8 Å². The molecule has 1 aromatic rings. The Morgan fingerprint density at radius 1 is 1.25 bits per heavy atom. The zero-order chi connectivity index (χ0) is 14.9. The smallest absolute Gasteiger partial charge is 0.384 e. The van der Waals surface area contributed by atoms with Crippen LogP contribution in [0.25, 0.3) is 0 Å². The van der Waals surface area contributed by atoms with Crippen molar-refractivity contribution in [2.45, 2.75) is 45.3 Å². The van der Waals surface area contributed by atoms with Gasteiger partial charge in [0.1, 0.15) is 11.6 Å². The fourth-order valence-electron chi connectivity index (χ4n) is 2.86. The number of nitrogens with two attached hydrogens (primary N) is 1. The molecule has 1 aliphatic rings. The first-order valence-electron chi connectivity index (χ1n) is 6.87. The minimum absolute atomic E-state index is 0.112. The predicted molar refractivity (Wildman–Crippen MR) is 73.2 cm³/mol. The first-order chi connectivity index (χ1) is 9.25. The van der Waals surface area contributed by atoms with Gasteiger partial charge >= 0.3 is 6.18 Å². The molecule has 6 heteroatoms. The third kappa shape index (κ3) is 3.55. The van der Waals surface area contributed by atoms with Crippen LogP contribution in [0.2, 0.25) is 0 Å². The van der Waals surface area contributed by atoms with Crippen LogP contribution in [0.5, 0.6) is 0 Å². The Morgan fingerprint density at radius 3 is 2.55 bits per heavy atom. The van der Waals surface area contributed by atoms with Crippen LogP contribution in [0.4, 0.5) is 24.8 Å². The van der Waals surface area contributed by atoms with Gasteiger partial charge in [0.25, 0.3) is 0 Å². The second-order valence-electron chi connectivity index (χ2n) is 5.81. The van der Waals surface area contributed by atoms with Crippen LogP contribution in [-0.4, -0.2) is 11.0 Å². The summed E-state index contributed by atoms with van der Waals surface area (Å²) in [6.07, 6.45) is -1.30. The summed E-state index contributed by atoms with van der Waals surface area (Å²) in [4.78, 5) is 3.96. The highest BCUT2D eigenvalue weighted by atomic mass is 19.4. The summed E-state index contributed by atoms with van der Waals surface area (Å²) < 4.78 is 38.2. The molecule has 0 spiro atoms. The van der Waals surface area contributed by atoms with E-state index in [2.05, 4.69) is 24.1 Å². The Kier molecular flexibility index (Phi) is 4.11. The van der Waals surface area contributed by atoms with Gasteiger partial charge in [-0.2, -0.15) is 13.2 Å². The van der Waals surface area contributed by atoms with Crippen LogP contribution in [0, 0.1) is 11.8 Å². The van der Waals surface area contributed by atoms with E-state index < -0.39 is 11.7 Å². The number of hydrogen-bond acceptors (Lipinski definition) is 3. The summed E-state index contributed by atoms with van der Waals surface area (Å²) in [7, 11) is 0. The fourth-order valence-corrected chi connectivity index (χ4v) is 2.86. The van der Waals surface area contributed by atoms with Crippen LogP contribution in [0.15, 0.2) is 12.1 Å². The molecular formula is C14H20F3N3. The molecule has 1 aromatic heterocycles. The highest BCUT2D eigenvalue weighted by Crippen LogP contribution is 2.34. The monoisotopic (exact) mass is 287 g/mol. The van der Waals surface area contributed by atoms with Gasteiger partial charge in [-0.25, -0.2) is 4.98 Å². The van der Waals surface area contributed by atoms with Crippen molar-refractivity contribution in [2.24, 2.45) is 11.8 Å². The summed E-state index contributed by atoms with van der Waals surface area (Å²) in [6.45, 7) is 4.32. The van der Waals surface area contributed by atoms with Crippen LogP contribution < -0.4 is 11.1 Å². The number of alkyl halides is 3. The topological polar surface area (TPSA) is 50.9 Å². The molecule has 2 rings (SSSR count). The normalized spacial score (nSPS) is 27.4. The maximum absolute atomic E-state index is 12.7. The number of nitrogen functional groups attached to an aromatic ring is 1. The SMILES string of the molecule is CC1CCC(Nc2cc(C(F)(F)F)cc(N)n2)C(C)C1. The second kappa shape index (κ2) is 5.50. The molecule has 0 bridgehead atoms. The molecule has 112 valence electrons. The van der Waals surface area contributed by atoms with Gasteiger partial charge in [-0.05, 0) is 43.2 Å². The lowest BCUT2D eigenvalue weighted by molar-refractivity contribution is -0.137. The number of halogens is 3. The van der Waals surface area contributed by atoms with Crippen molar-refractivity contribution in [1.82, 2.24) is 4.98 Å². The minimum Gasteiger partial charge on any atom is -0.384 e. The van der Waals surface area contributed by atoms with Crippen molar-refractivity contribution in [3.05, 3.63) is 17.7 Å². The lowest BCUT2D eigenvalue weighted by Crippen LogP contribution is -2.33. The zero-order valence-corrected chi connectivity index (χ0v) is 11.7. The lowest BCUT2D eigenvalue weighted by Gasteiger charge is -2.33. The lowest BCUT2D eigenvalue weighted by atomic mass is 9.80. The Morgan fingerprint density at radius 2 is 1.95 bits per heavy atom. The van der Waals surface area contributed by atoms with E-state index in [1.54, 1.807) is 0 Å². The molecule has 3 N–H and O–H groups in total. The molecule has 1 saturated carbocycles. The number of hydrogen-bond donors (Lipinski definition) is 2. The standard InChI is InChI=1S/C14H20F3N3/c1-8-3-4-11(9(2)5-8)19-13-7-10(14(15,16)17)6-12(18)20-13/h6-9,11H,3-5H2,1-2H3,(H3,18,19,20). The Balaban J connectivity index is 2.15. The Hall–Kier alpha value is -1.46. The van der Waals surface area contributed by atoms with E-state index in [9.17, 15) is 13.2 Å². The maximum atomic E-state index is 12.7. The van der Waals surface area contributed by atoms with Crippen molar-refractivity contribution in [2.75, 3.05) is 11.1 Å². The Labute approximate surface area is 116 Å². The summed E-state index contributed by atoms with van der Waals surface area (Å²) in [6, 6.07) is 2.04. The third-order valence-corrected chi connectivity index (χ3v) is 3.94. The van der Waals surface area contributed by atoms with E-state index in [-0.39, 0.29) is 17.7 Å². The summed E-state index contributed by atoms with van der Waals surface area (Å²) in [5, 5.41) is 3.11. The van der Waals surface area contributed by atoms with Crippen molar-refractivity contribution in [3.63, 3.8) is 0 Å². The first kappa shape index (κ1) is 14.9. The molecule has 1 aliphatic carbocycles. The Bertz CT molecular complexity index is 473. The van der Waals surface area contributed by atoms with Gasteiger partial charge < -0.3 is 11.1 Å². The molecule has 20 heavy (non-hydrogen) atoms. The largest absolute Gasteiger partial charge is 0.416 e. The number of nitrogens with one attached hydrogen (secondary N) is 1. The second-order valence-corrected chi connectivity index (χ2v) is 5.81. The molecule has 0 saturated heterocycles. The molecule has 1 fully saturated rings. The maximum Gasteiger partial charge on any atom is 0.416 e. The van der Waals surface area contributed by atoms with E-state index in [0.717, 1.165) is 31.4 Å². The van der Waals surface area contributed by atoms with Crippen LogP contribution >= 0.6 is 0 Å². The summed E-state index contributed by atoms with van der Waals surface area (Å²) >= 11 is 0. The minimum atomic E-state index is -4.40. The van der Waals surface area contributed by atoms with E-state index in [0.29, 0.717) is 11.8 Å². The first-order valence-corrected chi connectivity index (χ1v) is 6.87. The van der Waals surface area contributed by atoms with Gasteiger partial charge in [0.15, 0.2) is 0 Å². The van der Waals surface area contributed by atoms with Gasteiger partial charge in [-0.3, -0.25) is 0 Å². The van der Waals surface area contributed by atoms with Crippen LogP contribution in [0.1, 0.15) is 38.7 Å². The molecular weight excluding hydrogens is 267 g/mol. The van der Waals surface area contributed by atoms with Crippen molar-refractivity contribution in [1.29, 1.82) is 0 Å². The molecule has 3 unspecified atom stereocenters. The van der Waals surface area contributed by atoms with Crippen molar-refractivity contribution >= 4 is 11.6 Å². The molecule has 0 radical (unpaired) electrons. The molecule has 0 aromatic carbocycles. The molecule has 3 nitrogen and oxygen atoms in total. The van der Waals surface area contributed by atoms with Gasteiger partial charge in [-0.15, -0.1) is 0 Å². The zero-order valence-electron chi connectivity index (χ0n) is 11.7. The number of pyridine rings is 1. The molecule has 1 heterocycles. The highest BCUT2D eigenvalue weighted by molar-refractivity contribution is 5.48. The predicted octanol–water partition coefficient (Wildman–Crippen LogP) is 3.92. The van der Waals surface area contributed by atoms with Crippen LogP contribution in [0.3, 0.4) is 0 Å². The van der Waals surface area contributed by atoms with Crippen molar-refractivity contribution in [3.8, 4) is 0 Å². The molecule has 3 atom stereocenters. The van der Waals surface area contributed by atoms with Gasteiger partial charge in [0.05, 0.1) is 5.56 Å². The van der Waals surface area contributed by atoms with Gasteiger partial charge in [0.2, 0.25) is 0 Å². The van der Waals surface area contributed by atoms with E-state index >= 15 is 0 Å². The average molecular weight is 287 g/mol. The molecule has 0 aliphatic heterocycles. The summed E-state index contributed by atoms with van der Waals surface area (Å²) in [5.74, 6) is 1.18. The van der Waals surface area contributed by atoms with Crippen molar-refractivity contribution < 1.29 is 13.2 Å². The fraction of sp³-hybridized carbons (Fsp3) is 0.643. The number of rotatable bonds is 2. The van der Waals surface area contributed by atoms with E-state index in [1.165, 1.54) is 0 Å². The van der Waals surface area contributed by atoms with E-state index in [4.69, 9.17) is 5.73 Å². The molecule has 0 amide bonds. The van der Waals surface area contributed by atoms with Gasteiger partial charge in [0, 0.05) is 6.04 Å². The highest BCUT2D eigenvalue weighted by Gasteiger charge is 2.32. The number of aromatic nitrogens is 1. The summed E-state index contributed by atoms with van der Waals surface area (Å²) in [5.41, 5.74) is 4.71. The number of nitrogens with zero attached hydrogens (tertiary/aromatic N) is 1. The third-order valence-electron chi connectivity index (χ3n) is 3.94. The van der Waals surface area contributed by atoms with E-state index in [1.807, 2.05) is 0 Å². The quantitative estimate of drug-likeness (QED) is 0.866.